The Morgan fingerprint density at radius 1 is 1.47 bits per heavy atom. The van der Waals surface area contributed by atoms with Gasteiger partial charge in [0.25, 0.3) is 0 Å². The van der Waals surface area contributed by atoms with Crippen molar-refractivity contribution in [2.75, 3.05) is 19.4 Å². The molecule has 0 aliphatic carbocycles. The average molecular weight is 280 g/mol. The monoisotopic (exact) mass is 280 g/mol. The standard InChI is InChI=1S/C14H20N2O2S/c1-14(2,19-3)9-15-13(17)16-11-8-18-12-7-5-4-6-10(11)12/h4-7,11H,8-9H2,1-3H3,(H2,15,16,17)/t11-/m0/s1. The van der Waals surface area contributed by atoms with Gasteiger partial charge in [-0.2, -0.15) is 11.8 Å². The van der Waals surface area contributed by atoms with Crippen LogP contribution in [0.5, 0.6) is 5.75 Å². The number of amides is 2. The average Bonchev–Trinajstić information content (AvgIpc) is 2.80. The molecule has 0 fully saturated rings. The Balaban J connectivity index is 1.88. The lowest BCUT2D eigenvalue weighted by atomic mass is 10.1. The smallest absolute Gasteiger partial charge is 0.315 e. The number of thioether (sulfide) groups is 1. The van der Waals surface area contributed by atoms with Crippen molar-refractivity contribution in [1.82, 2.24) is 10.6 Å². The summed E-state index contributed by atoms with van der Waals surface area (Å²) in [4.78, 5) is 11.9. The highest BCUT2D eigenvalue weighted by molar-refractivity contribution is 7.99. The number of carbonyl (C=O) groups is 1. The van der Waals surface area contributed by atoms with Gasteiger partial charge < -0.3 is 15.4 Å². The van der Waals surface area contributed by atoms with Gasteiger partial charge in [-0.25, -0.2) is 4.79 Å². The highest BCUT2D eigenvalue weighted by Crippen LogP contribution is 2.31. The molecule has 1 aromatic rings. The van der Waals surface area contributed by atoms with E-state index >= 15 is 0 Å². The van der Waals surface area contributed by atoms with E-state index in [9.17, 15) is 4.79 Å². The number of fused-ring (bicyclic) bond motifs is 1. The second-order valence-electron chi connectivity index (χ2n) is 5.19. The van der Waals surface area contributed by atoms with Gasteiger partial charge in [0.2, 0.25) is 0 Å². The summed E-state index contributed by atoms with van der Waals surface area (Å²) in [6, 6.07) is 7.59. The minimum atomic E-state index is -0.146. The molecule has 1 heterocycles. The van der Waals surface area contributed by atoms with Gasteiger partial charge in [-0.3, -0.25) is 0 Å². The normalized spacial score (nSPS) is 17.5. The van der Waals surface area contributed by atoms with E-state index in [-0.39, 0.29) is 16.8 Å². The molecule has 0 saturated heterocycles. The first-order valence-corrected chi connectivity index (χ1v) is 7.55. The molecule has 4 nitrogen and oxygen atoms in total. The molecule has 1 aliphatic heterocycles. The van der Waals surface area contributed by atoms with Crippen LogP contribution in [0.25, 0.3) is 0 Å². The Hall–Kier alpha value is -1.36. The van der Waals surface area contributed by atoms with Gasteiger partial charge in [-0.1, -0.05) is 18.2 Å². The van der Waals surface area contributed by atoms with Crippen molar-refractivity contribution in [3.05, 3.63) is 29.8 Å². The Kier molecular flexibility index (Phi) is 4.24. The number of ether oxygens (including phenoxy) is 1. The summed E-state index contributed by atoms with van der Waals surface area (Å²) in [7, 11) is 0. The Labute approximate surface area is 118 Å². The third-order valence-electron chi connectivity index (χ3n) is 3.23. The fourth-order valence-electron chi connectivity index (χ4n) is 1.86. The highest BCUT2D eigenvalue weighted by Gasteiger charge is 2.25. The van der Waals surface area contributed by atoms with Crippen molar-refractivity contribution in [1.29, 1.82) is 0 Å². The molecule has 1 aromatic carbocycles. The van der Waals surface area contributed by atoms with Crippen molar-refractivity contribution in [2.24, 2.45) is 0 Å². The molecule has 5 heteroatoms. The van der Waals surface area contributed by atoms with Crippen LogP contribution >= 0.6 is 11.8 Å². The van der Waals surface area contributed by atoms with Crippen molar-refractivity contribution < 1.29 is 9.53 Å². The molecule has 1 atom stereocenters. The van der Waals surface area contributed by atoms with Crippen LogP contribution in [0.4, 0.5) is 4.79 Å². The van der Waals surface area contributed by atoms with E-state index in [1.54, 1.807) is 11.8 Å². The van der Waals surface area contributed by atoms with Crippen LogP contribution < -0.4 is 15.4 Å². The molecule has 0 saturated carbocycles. The molecule has 0 radical (unpaired) electrons. The molecule has 0 aromatic heterocycles. The topological polar surface area (TPSA) is 50.4 Å². The van der Waals surface area contributed by atoms with E-state index in [2.05, 4.69) is 24.5 Å². The molecule has 1 aliphatic rings. The van der Waals surface area contributed by atoms with Gasteiger partial charge in [0, 0.05) is 16.9 Å². The van der Waals surface area contributed by atoms with E-state index in [1.165, 1.54) is 0 Å². The van der Waals surface area contributed by atoms with E-state index in [4.69, 9.17) is 4.74 Å². The molecule has 2 N–H and O–H groups in total. The maximum Gasteiger partial charge on any atom is 0.315 e. The largest absolute Gasteiger partial charge is 0.491 e. The van der Waals surface area contributed by atoms with Crippen LogP contribution in [-0.4, -0.2) is 30.2 Å². The van der Waals surface area contributed by atoms with Crippen LogP contribution in [0.3, 0.4) is 0 Å². The molecule has 0 bridgehead atoms. The zero-order valence-electron chi connectivity index (χ0n) is 11.5. The summed E-state index contributed by atoms with van der Waals surface area (Å²) in [5.74, 6) is 0.859. The Morgan fingerprint density at radius 2 is 2.21 bits per heavy atom. The first-order valence-electron chi connectivity index (χ1n) is 6.33. The molecule has 104 valence electrons. The van der Waals surface area contributed by atoms with Crippen LogP contribution in [0.2, 0.25) is 0 Å². The van der Waals surface area contributed by atoms with Crippen molar-refractivity contribution in [3.63, 3.8) is 0 Å². The number of nitrogens with one attached hydrogen (secondary N) is 2. The predicted molar refractivity (Wildman–Crippen MR) is 78.8 cm³/mol. The van der Waals surface area contributed by atoms with E-state index < -0.39 is 0 Å². The number of urea groups is 1. The van der Waals surface area contributed by atoms with E-state index in [0.29, 0.717) is 13.2 Å². The Morgan fingerprint density at radius 3 is 2.95 bits per heavy atom. The third-order valence-corrected chi connectivity index (χ3v) is 4.48. The number of hydrogen-bond acceptors (Lipinski definition) is 3. The SMILES string of the molecule is CSC(C)(C)CNC(=O)N[C@H]1COc2ccccc21. The maximum absolute atomic E-state index is 11.9. The number of carbonyl (C=O) groups excluding carboxylic acids is 1. The summed E-state index contributed by atoms with van der Waals surface area (Å²) in [6.45, 7) is 5.34. The first kappa shape index (κ1) is 14.1. The van der Waals surface area contributed by atoms with Crippen LogP contribution in [0.15, 0.2) is 24.3 Å². The molecular formula is C14H20N2O2S. The van der Waals surface area contributed by atoms with E-state index in [0.717, 1.165) is 11.3 Å². The number of rotatable bonds is 4. The minimum absolute atomic E-state index is 0.0431. The van der Waals surface area contributed by atoms with Crippen molar-refractivity contribution in [3.8, 4) is 5.75 Å². The minimum Gasteiger partial charge on any atom is -0.491 e. The number of hydrogen-bond donors (Lipinski definition) is 2. The summed E-state index contributed by atoms with van der Waals surface area (Å²) >= 11 is 1.73. The van der Waals surface area contributed by atoms with Crippen molar-refractivity contribution in [2.45, 2.75) is 24.6 Å². The second kappa shape index (κ2) is 5.74. The third kappa shape index (κ3) is 3.56. The van der Waals surface area contributed by atoms with Gasteiger partial charge in [0.15, 0.2) is 0 Å². The van der Waals surface area contributed by atoms with Gasteiger partial charge in [0.1, 0.15) is 12.4 Å². The van der Waals surface area contributed by atoms with Crippen molar-refractivity contribution >= 4 is 17.8 Å². The van der Waals surface area contributed by atoms with Crippen LogP contribution in [0, 0.1) is 0 Å². The summed E-state index contributed by atoms with van der Waals surface area (Å²) in [6.07, 6.45) is 2.04. The van der Waals surface area contributed by atoms with E-state index in [1.807, 2.05) is 30.5 Å². The molecular weight excluding hydrogens is 260 g/mol. The fraction of sp³-hybridized carbons (Fsp3) is 0.500. The summed E-state index contributed by atoms with van der Waals surface area (Å²) in [5.41, 5.74) is 1.04. The quantitative estimate of drug-likeness (QED) is 0.891. The van der Waals surface area contributed by atoms with Gasteiger partial charge in [0.05, 0.1) is 6.04 Å². The summed E-state index contributed by atoms with van der Waals surface area (Å²) in [5, 5.41) is 5.85. The zero-order chi connectivity index (χ0) is 13.9. The molecule has 0 spiro atoms. The number of para-hydroxylation sites is 1. The van der Waals surface area contributed by atoms with Crippen LogP contribution in [0.1, 0.15) is 25.5 Å². The highest BCUT2D eigenvalue weighted by atomic mass is 32.2. The lowest BCUT2D eigenvalue weighted by molar-refractivity contribution is 0.231. The zero-order valence-corrected chi connectivity index (χ0v) is 12.3. The maximum atomic E-state index is 11.9. The predicted octanol–water partition coefficient (Wildman–Crippen LogP) is 2.56. The van der Waals surface area contributed by atoms with Gasteiger partial charge >= 0.3 is 6.03 Å². The number of benzene rings is 1. The summed E-state index contributed by atoms with van der Waals surface area (Å²) < 4.78 is 5.57. The molecule has 0 unspecified atom stereocenters. The second-order valence-corrected chi connectivity index (χ2v) is 6.71. The Bertz CT molecular complexity index is 463. The fourth-order valence-corrected chi connectivity index (χ4v) is 2.07. The lowest BCUT2D eigenvalue weighted by Crippen LogP contribution is -2.43. The first-order chi connectivity index (χ1) is 9.02. The molecule has 2 rings (SSSR count). The van der Waals surface area contributed by atoms with Crippen LogP contribution in [-0.2, 0) is 0 Å². The lowest BCUT2D eigenvalue weighted by Gasteiger charge is -2.23. The molecule has 19 heavy (non-hydrogen) atoms. The van der Waals surface area contributed by atoms with Gasteiger partial charge in [-0.15, -0.1) is 0 Å². The molecule has 2 amide bonds. The van der Waals surface area contributed by atoms with Gasteiger partial charge in [-0.05, 0) is 26.2 Å².